The summed E-state index contributed by atoms with van der Waals surface area (Å²) in [5.74, 6) is 0. The van der Waals surface area contributed by atoms with E-state index in [0.29, 0.717) is 0 Å². The number of allylic oxidation sites excluding steroid dienone is 4. The molecule has 0 aliphatic carbocycles. The van der Waals surface area contributed by atoms with Gasteiger partial charge in [0.05, 0.1) is 0 Å². The molecule has 0 aliphatic rings. The molecule has 0 heteroatoms. The molecule has 0 rings (SSSR count). The van der Waals surface area contributed by atoms with Crippen LogP contribution >= 0.6 is 0 Å². The molecule has 0 aromatic carbocycles. The lowest BCUT2D eigenvalue weighted by molar-refractivity contribution is 0.473. The number of hydrogen-bond acceptors (Lipinski definition) is 0. The van der Waals surface area contributed by atoms with Crippen molar-refractivity contribution in [2.45, 2.75) is 47.0 Å². The van der Waals surface area contributed by atoms with Crippen LogP contribution in [0.3, 0.4) is 0 Å². The highest BCUT2D eigenvalue weighted by atomic mass is 14.2. The molecule has 1 radical (unpaired) electrons. The molecule has 0 aromatic heterocycles. The van der Waals surface area contributed by atoms with Crippen LogP contribution in [-0.2, 0) is 0 Å². The van der Waals surface area contributed by atoms with Crippen LogP contribution in [0.4, 0.5) is 0 Å². The first kappa shape index (κ1) is 12.5. The Morgan fingerprint density at radius 1 is 1.31 bits per heavy atom. The van der Waals surface area contributed by atoms with Gasteiger partial charge in [-0.25, -0.2) is 0 Å². The zero-order valence-corrected chi connectivity index (χ0v) is 9.56. The van der Waals surface area contributed by atoms with Crippen molar-refractivity contribution in [1.82, 2.24) is 0 Å². The SMILES string of the molecule is [CH2]C(/C=C/CC)(CC)CC=C(C)C. The van der Waals surface area contributed by atoms with E-state index < -0.39 is 0 Å². The Bertz CT molecular complexity index is 182. The molecule has 0 N–H and O–H groups in total. The largest absolute Gasteiger partial charge is 0.0882 e. The van der Waals surface area contributed by atoms with Crippen LogP contribution in [0.1, 0.15) is 47.0 Å². The molecular weight excluding hydrogens is 156 g/mol. The lowest BCUT2D eigenvalue weighted by Gasteiger charge is -2.22. The number of rotatable bonds is 5. The highest BCUT2D eigenvalue weighted by Gasteiger charge is 2.15. The van der Waals surface area contributed by atoms with Crippen molar-refractivity contribution in [3.05, 3.63) is 30.7 Å². The Balaban J connectivity index is 4.28. The monoisotopic (exact) mass is 179 g/mol. The van der Waals surface area contributed by atoms with E-state index in [4.69, 9.17) is 0 Å². The van der Waals surface area contributed by atoms with Gasteiger partial charge in [-0.2, -0.15) is 0 Å². The summed E-state index contributed by atoms with van der Waals surface area (Å²) >= 11 is 0. The molecule has 0 bridgehead atoms. The van der Waals surface area contributed by atoms with Crippen molar-refractivity contribution in [3.8, 4) is 0 Å². The summed E-state index contributed by atoms with van der Waals surface area (Å²) in [6, 6.07) is 0. The van der Waals surface area contributed by atoms with E-state index in [9.17, 15) is 0 Å². The second-order valence-electron chi connectivity index (χ2n) is 4.01. The summed E-state index contributed by atoms with van der Waals surface area (Å²) in [5.41, 5.74) is 1.50. The Morgan fingerprint density at radius 2 is 1.92 bits per heavy atom. The van der Waals surface area contributed by atoms with Crippen LogP contribution in [0.5, 0.6) is 0 Å². The van der Waals surface area contributed by atoms with Crippen molar-refractivity contribution in [3.63, 3.8) is 0 Å². The summed E-state index contributed by atoms with van der Waals surface area (Å²) < 4.78 is 0. The molecular formula is C13H23. The van der Waals surface area contributed by atoms with E-state index in [2.05, 4.69) is 52.8 Å². The molecule has 13 heavy (non-hydrogen) atoms. The van der Waals surface area contributed by atoms with E-state index >= 15 is 0 Å². The van der Waals surface area contributed by atoms with Crippen LogP contribution in [-0.4, -0.2) is 0 Å². The predicted octanol–water partition coefficient (Wildman–Crippen LogP) is 4.54. The molecule has 0 aliphatic heterocycles. The smallest absolute Gasteiger partial charge is 0.00860 e. The molecule has 0 saturated heterocycles. The van der Waals surface area contributed by atoms with Crippen LogP contribution in [0.15, 0.2) is 23.8 Å². The minimum Gasteiger partial charge on any atom is -0.0882 e. The van der Waals surface area contributed by atoms with Crippen LogP contribution < -0.4 is 0 Å². The zero-order valence-electron chi connectivity index (χ0n) is 9.56. The fourth-order valence-electron chi connectivity index (χ4n) is 1.11. The van der Waals surface area contributed by atoms with Gasteiger partial charge in [-0.15, -0.1) is 0 Å². The van der Waals surface area contributed by atoms with Crippen LogP contribution in [0.25, 0.3) is 0 Å². The van der Waals surface area contributed by atoms with Crippen LogP contribution in [0.2, 0.25) is 0 Å². The second kappa shape index (κ2) is 6.01. The van der Waals surface area contributed by atoms with E-state index in [1.165, 1.54) is 5.57 Å². The summed E-state index contributed by atoms with van der Waals surface area (Å²) in [7, 11) is 0. The average Bonchev–Trinajstić information content (AvgIpc) is 2.11. The van der Waals surface area contributed by atoms with Gasteiger partial charge in [-0.3, -0.25) is 0 Å². The van der Waals surface area contributed by atoms with Gasteiger partial charge in [0.2, 0.25) is 0 Å². The van der Waals surface area contributed by atoms with Crippen LogP contribution in [0, 0.1) is 12.3 Å². The van der Waals surface area contributed by atoms with E-state index in [0.717, 1.165) is 19.3 Å². The molecule has 0 heterocycles. The van der Waals surface area contributed by atoms with Gasteiger partial charge in [-0.05, 0) is 45.4 Å². The van der Waals surface area contributed by atoms with Crippen molar-refractivity contribution < 1.29 is 0 Å². The molecule has 0 fully saturated rings. The highest BCUT2D eigenvalue weighted by Crippen LogP contribution is 2.28. The Kier molecular flexibility index (Phi) is 5.77. The van der Waals surface area contributed by atoms with Gasteiger partial charge >= 0.3 is 0 Å². The first-order valence-electron chi connectivity index (χ1n) is 5.20. The Hall–Kier alpha value is -0.520. The summed E-state index contributed by atoms with van der Waals surface area (Å²) in [6.07, 6.45) is 10.0. The third kappa shape index (κ3) is 5.68. The van der Waals surface area contributed by atoms with Crippen molar-refractivity contribution in [1.29, 1.82) is 0 Å². The standard InChI is InChI=1S/C13H23/c1-6-8-10-13(5,7-2)11-9-12(3)4/h8-10H,5-7,11H2,1-4H3/b10-8+. The van der Waals surface area contributed by atoms with E-state index in [1.807, 2.05) is 0 Å². The molecule has 0 spiro atoms. The zero-order chi connectivity index (χ0) is 10.3. The van der Waals surface area contributed by atoms with Gasteiger partial charge in [0.1, 0.15) is 0 Å². The quantitative estimate of drug-likeness (QED) is 0.543. The lowest BCUT2D eigenvalue weighted by atomic mass is 9.83. The Morgan fingerprint density at radius 3 is 2.31 bits per heavy atom. The van der Waals surface area contributed by atoms with Crippen molar-refractivity contribution in [2.24, 2.45) is 5.41 Å². The third-order valence-corrected chi connectivity index (χ3v) is 2.33. The maximum absolute atomic E-state index is 4.27. The normalized spacial score (nSPS) is 15.8. The third-order valence-electron chi connectivity index (χ3n) is 2.33. The van der Waals surface area contributed by atoms with Crippen molar-refractivity contribution in [2.75, 3.05) is 0 Å². The van der Waals surface area contributed by atoms with E-state index in [-0.39, 0.29) is 5.41 Å². The maximum Gasteiger partial charge on any atom is -0.00860 e. The number of hydrogen-bond donors (Lipinski definition) is 0. The predicted molar refractivity (Wildman–Crippen MR) is 61.6 cm³/mol. The van der Waals surface area contributed by atoms with E-state index in [1.54, 1.807) is 0 Å². The first-order chi connectivity index (χ1) is 6.04. The van der Waals surface area contributed by atoms with Gasteiger partial charge in [-0.1, -0.05) is 37.6 Å². The fourth-order valence-corrected chi connectivity index (χ4v) is 1.11. The lowest BCUT2D eigenvalue weighted by Crippen LogP contribution is -2.10. The van der Waals surface area contributed by atoms with Crippen molar-refractivity contribution >= 4 is 0 Å². The molecule has 0 aromatic rings. The van der Waals surface area contributed by atoms with Gasteiger partial charge in [0, 0.05) is 0 Å². The highest BCUT2D eigenvalue weighted by molar-refractivity contribution is 5.07. The summed E-state index contributed by atoms with van der Waals surface area (Å²) in [5, 5.41) is 0. The van der Waals surface area contributed by atoms with Gasteiger partial charge < -0.3 is 0 Å². The molecule has 75 valence electrons. The summed E-state index contributed by atoms with van der Waals surface area (Å²) in [6.45, 7) is 12.9. The van der Waals surface area contributed by atoms with Gasteiger partial charge in [0.25, 0.3) is 0 Å². The molecule has 0 nitrogen and oxygen atoms in total. The fraction of sp³-hybridized carbons (Fsp3) is 0.615. The molecule has 1 atom stereocenters. The van der Waals surface area contributed by atoms with Gasteiger partial charge in [0.15, 0.2) is 0 Å². The first-order valence-corrected chi connectivity index (χ1v) is 5.20. The average molecular weight is 179 g/mol. The minimum atomic E-state index is 0.118. The Labute approximate surface area is 83.7 Å². The topological polar surface area (TPSA) is 0 Å². The maximum atomic E-state index is 4.27. The molecule has 0 saturated carbocycles. The minimum absolute atomic E-state index is 0.118. The second-order valence-corrected chi connectivity index (χ2v) is 4.01. The molecule has 0 amide bonds. The summed E-state index contributed by atoms with van der Waals surface area (Å²) in [4.78, 5) is 0. The molecule has 1 unspecified atom stereocenters.